The third-order valence-corrected chi connectivity index (χ3v) is 3.11. The van der Waals surface area contributed by atoms with E-state index in [4.69, 9.17) is 0 Å². The van der Waals surface area contributed by atoms with Crippen LogP contribution in [-0.2, 0) is 11.3 Å². The van der Waals surface area contributed by atoms with E-state index in [1.165, 1.54) is 0 Å². The van der Waals surface area contributed by atoms with Crippen molar-refractivity contribution in [2.75, 3.05) is 0 Å². The molecule has 0 aliphatic heterocycles. The third-order valence-electron chi connectivity index (χ3n) is 3.11. The van der Waals surface area contributed by atoms with Gasteiger partial charge in [-0.25, -0.2) is 0 Å². The van der Waals surface area contributed by atoms with Crippen LogP contribution in [0.15, 0.2) is 42.5 Å². The molecule has 0 aliphatic rings. The Bertz CT molecular complexity index is 401. The van der Waals surface area contributed by atoms with Crippen molar-refractivity contribution in [2.45, 2.75) is 51.7 Å². The highest BCUT2D eigenvalue weighted by atomic mass is 16.3. The third kappa shape index (κ3) is 7.74. The minimum absolute atomic E-state index is 0.00277. The molecule has 1 aromatic rings. The van der Waals surface area contributed by atoms with Gasteiger partial charge in [0.1, 0.15) is 0 Å². The summed E-state index contributed by atoms with van der Waals surface area (Å²) in [6.07, 6.45) is 7.32. The standard InChI is InChI=1S/C17H25NO2/c1-2-3-4-8-11-16(19)12-13-17(20)18-14-15-9-6-5-7-10-15/h3-7,9-10,16,19H,2,8,11-14H2,1H3,(H,18,20)/b4-3-. The van der Waals surface area contributed by atoms with Crippen molar-refractivity contribution in [3.8, 4) is 0 Å². The molecule has 0 radical (unpaired) electrons. The van der Waals surface area contributed by atoms with Gasteiger partial charge in [0.25, 0.3) is 0 Å². The zero-order valence-corrected chi connectivity index (χ0v) is 12.2. The normalized spacial score (nSPS) is 12.5. The first-order chi connectivity index (χ1) is 9.72. The van der Waals surface area contributed by atoms with Gasteiger partial charge in [-0.2, -0.15) is 0 Å². The predicted octanol–water partition coefficient (Wildman–Crippen LogP) is 3.19. The van der Waals surface area contributed by atoms with Crippen molar-refractivity contribution in [1.82, 2.24) is 5.32 Å². The number of allylic oxidation sites excluding steroid dienone is 2. The van der Waals surface area contributed by atoms with Crippen LogP contribution >= 0.6 is 0 Å². The van der Waals surface area contributed by atoms with Crippen LogP contribution in [0.1, 0.15) is 44.6 Å². The first kappa shape index (κ1) is 16.4. The van der Waals surface area contributed by atoms with Crippen LogP contribution in [0.4, 0.5) is 0 Å². The number of amides is 1. The quantitative estimate of drug-likeness (QED) is 0.680. The maximum absolute atomic E-state index is 11.7. The van der Waals surface area contributed by atoms with Crippen LogP contribution in [0, 0.1) is 0 Å². The summed E-state index contributed by atoms with van der Waals surface area (Å²) in [6, 6.07) is 9.82. The highest BCUT2D eigenvalue weighted by Crippen LogP contribution is 2.06. The summed E-state index contributed by atoms with van der Waals surface area (Å²) in [7, 11) is 0. The maximum Gasteiger partial charge on any atom is 0.220 e. The molecule has 0 bridgehead atoms. The van der Waals surface area contributed by atoms with E-state index in [0.29, 0.717) is 19.4 Å². The first-order valence-corrected chi connectivity index (χ1v) is 7.36. The van der Waals surface area contributed by atoms with Gasteiger partial charge in [0.05, 0.1) is 6.10 Å². The van der Waals surface area contributed by atoms with E-state index in [1.807, 2.05) is 30.3 Å². The smallest absolute Gasteiger partial charge is 0.220 e. The second kappa shape index (κ2) is 10.2. The van der Waals surface area contributed by atoms with Gasteiger partial charge < -0.3 is 10.4 Å². The lowest BCUT2D eigenvalue weighted by molar-refractivity contribution is -0.121. The van der Waals surface area contributed by atoms with E-state index in [1.54, 1.807) is 0 Å². The monoisotopic (exact) mass is 275 g/mol. The molecule has 0 fully saturated rings. The molecule has 0 heterocycles. The Kier molecular flexibility index (Phi) is 8.40. The lowest BCUT2D eigenvalue weighted by Crippen LogP contribution is -2.23. The molecule has 3 heteroatoms. The number of carbonyl (C=O) groups excluding carboxylic acids is 1. The number of hydrogen-bond donors (Lipinski definition) is 2. The summed E-state index contributed by atoms with van der Waals surface area (Å²) in [5, 5.41) is 12.6. The average molecular weight is 275 g/mol. The zero-order chi connectivity index (χ0) is 14.6. The highest BCUT2D eigenvalue weighted by molar-refractivity contribution is 5.75. The molecule has 0 aromatic heterocycles. The lowest BCUT2D eigenvalue weighted by Gasteiger charge is -2.09. The molecule has 1 amide bonds. The number of aliphatic hydroxyl groups is 1. The van der Waals surface area contributed by atoms with E-state index >= 15 is 0 Å². The molecular weight excluding hydrogens is 250 g/mol. The Morgan fingerprint density at radius 2 is 2.00 bits per heavy atom. The van der Waals surface area contributed by atoms with Crippen LogP contribution < -0.4 is 5.32 Å². The predicted molar refractivity (Wildman–Crippen MR) is 82.2 cm³/mol. The van der Waals surface area contributed by atoms with Crippen LogP contribution in [-0.4, -0.2) is 17.1 Å². The van der Waals surface area contributed by atoms with Crippen LogP contribution in [0.2, 0.25) is 0 Å². The van der Waals surface area contributed by atoms with Gasteiger partial charge in [0.15, 0.2) is 0 Å². The number of rotatable bonds is 9. The van der Waals surface area contributed by atoms with Crippen molar-refractivity contribution in [3.63, 3.8) is 0 Å². The number of nitrogens with one attached hydrogen (secondary N) is 1. The Morgan fingerprint density at radius 3 is 2.70 bits per heavy atom. The van der Waals surface area contributed by atoms with Gasteiger partial charge in [-0.15, -0.1) is 0 Å². The fourth-order valence-corrected chi connectivity index (χ4v) is 1.90. The molecule has 1 aromatic carbocycles. The van der Waals surface area contributed by atoms with Crippen LogP contribution in [0.5, 0.6) is 0 Å². The molecule has 0 spiro atoms. The van der Waals surface area contributed by atoms with E-state index in [-0.39, 0.29) is 12.0 Å². The topological polar surface area (TPSA) is 49.3 Å². The van der Waals surface area contributed by atoms with Gasteiger partial charge in [0, 0.05) is 13.0 Å². The van der Waals surface area contributed by atoms with E-state index in [2.05, 4.69) is 24.4 Å². The largest absolute Gasteiger partial charge is 0.393 e. The summed E-state index contributed by atoms with van der Waals surface area (Å²) in [4.78, 5) is 11.7. The van der Waals surface area contributed by atoms with E-state index in [0.717, 1.165) is 24.8 Å². The summed E-state index contributed by atoms with van der Waals surface area (Å²) < 4.78 is 0. The SMILES string of the molecule is CC/C=C\CCC(O)CCC(=O)NCc1ccccc1. The first-order valence-electron chi connectivity index (χ1n) is 7.36. The highest BCUT2D eigenvalue weighted by Gasteiger charge is 2.07. The molecule has 2 N–H and O–H groups in total. The minimum atomic E-state index is -0.390. The van der Waals surface area contributed by atoms with Gasteiger partial charge in [-0.1, -0.05) is 49.4 Å². The Balaban J connectivity index is 2.11. The molecule has 1 atom stereocenters. The fourth-order valence-electron chi connectivity index (χ4n) is 1.90. The molecule has 20 heavy (non-hydrogen) atoms. The second-order valence-electron chi connectivity index (χ2n) is 4.91. The molecule has 1 rings (SSSR count). The summed E-state index contributed by atoms with van der Waals surface area (Å²) in [5.74, 6) is -0.00277. The van der Waals surface area contributed by atoms with Crippen molar-refractivity contribution >= 4 is 5.91 Å². The minimum Gasteiger partial charge on any atom is -0.393 e. The van der Waals surface area contributed by atoms with Gasteiger partial charge in [0.2, 0.25) is 5.91 Å². The Morgan fingerprint density at radius 1 is 1.25 bits per heavy atom. The summed E-state index contributed by atoms with van der Waals surface area (Å²) >= 11 is 0. The molecule has 0 saturated heterocycles. The number of benzene rings is 1. The number of aliphatic hydroxyl groups excluding tert-OH is 1. The number of hydrogen-bond acceptors (Lipinski definition) is 2. The van der Waals surface area contributed by atoms with Gasteiger partial charge in [-0.05, 0) is 31.2 Å². The van der Waals surface area contributed by atoms with Gasteiger partial charge in [-0.3, -0.25) is 4.79 Å². The van der Waals surface area contributed by atoms with Crippen molar-refractivity contribution < 1.29 is 9.90 Å². The van der Waals surface area contributed by atoms with E-state index < -0.39 is 0 Å². The van der Waals surface area contributed by atoms with Crippen molar-refractivity contribution in [2.24, 2.45) is 0 Å². The van der Waals surface area contributed by atoms with Crippen molar-refractivity contribution in [3.05, 3.63) is 48.0 Å². The van der Waals surface area contributed by atoms with E-state index in [9.17, 15) is 9.90 Å². The maximum atomic E-state index is 11.7. The fraction of sp³-hybridized carbons (Fsp3) is 0.471. The Labute approximate surface area is 121 Å². The molecule has 1 unspecified atom stereocenters. The lowest BCUT2D eigenvalue weighted by atomic mass is 10.1. The van der Waals surface area contributed by atoms with Crippen LogP contribution in [0.25, 0.3) is 0 Å². The molecular formula is C17H25NO2. The van der Waals surface area contributed by atoms with Gasteiger partial charge >= 0.3 is 0 Å². The van der Waals surface area contributed by atoms with Crippen LogP contribution in [0.3, 0.4) is 0 Å². The average Bonchev–Trinajstić information content (AvgIpc) is 2.48. The summed E-state index contributed by atoms with van der Waals surface area (Å²) in [6.45, 7) is 2.64. The second-order valence-corrected chi connectivity index (χ2v) is 4.91. The summed E-state index contributed by atoms with van der Waals surface area (Å²) in [5.41, 5.74) is 1.09. The molecule has 3 nitrogen and oxygen atoms in total. The number of carbonyl (C=O) groups is 1. The molecule has 0 aliphatic carbocycles. The Hall–Kier alpha value is -1.61. The van der Waals surface area contributed by atoms with Crippen molar-refractivity contribution in [1.29, 1.82) is 0 Å². The zero-order valence-electron chi connectivity index (χ0n) is 12.2. The molecule has 110 valence electrons. The molecule has 0 saturated carbocycles.